The second kappa shape index (κ2) is 22.9. The molecule has 0 aromatic heterocycles. The van der Waals surface area contributed by atoms with Crippen molar-refractivity contribution in [3.05, 3.63) is 106 Å². The SMILES string of the molecule is CC(C)(C)OC(=O)N1CC2CC(=O)CC2C1.CC(C)(C)OC(=O)N1CC2CC(O)(c3ccc(Cl)c(Cl)c3)CC2C1.Cl.Clc1ccc(Br)cc1Cl.Clc1ccc(C2=CC3CNCC3C2)cc1Cl. The first kappa shape index (κ1) is 55.0. The molecule has 0 radical (unpaired) electrons. The molecule has 2 amide bonds. The molecule has 5 fully saturated rings. The number of likely N-dealkylation sites (tertiary alicyclic amines) is 2. The van der Waals surface area contributed by atoms with Crippen LogP contribution in [0, 0.1) is 35.5 Å². The van der Waals surface area contributed by atoms with Gasteiger partial charge in [0.2, 0.25) is 0 Å². The van der Waals surface area contributed by atoms with Crippen LogP contribution in [0.15, 0.2) is 65.1 Å². The zero-order valence-corrected chi connectivity index (χ0v) is 44.9. The first-order valence-corrected chi connectivity index (χ1v) is 25.0. The number of fused-ring (bicyclic) bond motifs is 3. The van der Waals surface area contributed by atoms with E-state index >= 15 is 0 Å². The maximum atomic E-state index is 12.2. The Morgan fingerprint density at radius 3 is 1.58 bits per heavy atom. The predicted octanol–water partition coefficient (Wildman–Crippen LogP) is 14.1. The van der Waals surface area contributed by atoms with Crippen LogP contribution in [-0.2, 0) is 19.9 Å². The zero-order chi connectivity index (χ0) is 47.6. The average Bonchev–Trinajstić information content (AvgIpc) is 4.05. The molecule has 362 valence electrons. The van der Waals surface area contributed by atoms with E-state index in [9.17, 15) is 19.5 Å². The fraction of sp³-hybridized carbons (Fsp3) is 0.531. The van der Waals surface area contributed by atoms with Crippen molar-refractivity contribution in [1.82, 2.24) is 15.1 Å². The highest BCUT2D eigenvalue weighted by Gasteiger charge is 2.50. The molecule has 9 rings (SSSR count). The Labute approximate surface area is 434 Å². The molecule has 0 spiro atoms. The van der Waals surface area contributed by atoms with Gasteiger partial charge < -0.3 is 29.7 Å². The molecule has 3 aliphatic heterocycles. The predicted molar refractivity (Wildman–Crippen MR) is 274 cm³/mol. The summed E-state index contributed by atoms with van der Waals surface area (Å²) in [6.07, 6.45) is 5.57. The Hall–Kier alpha value is -1.96. The number of benzene rings is 3. The van der Waals surface area contributed by atoms with Crippen molar-refractivity contribution in [3.63, 3.8) is 0 Å². The topological polar surface area (TPSA) is 108 Å². The largest absolute Gasteiger partial charge is 0.444 e. The number of nitrogens with one attached hydrogen (secondary N) is 1. The van der Waals surface area contributed by atoms with Crippen LogP contribution in [0.5, 0.6) is 0 Å². The fourth-order valence-corrected chi connectivity index (χ4v) is 10.9. The van der Waals surface area contributed by atoms with E-state index in [-0.39, 0.29) is 36.4 Å². The first-order valence-electron chi connectivity index (χ1n) is 22.0. The third-order valence-corrected chi connectivity index (χ3v) is 15.3. The molecule has 3 saturated heterocycles. The van der Waals surface area contributed by atoms with E-state index in [0.717, 1.165) is 35.5 Å². The van der Waals surface area contributed by atoms with E-state index in [0.29, 0.717) is 106 Å². The van der Waals surface area contributed by atoms with Gasteiger partial charge in [-0.3, -0.25) is 4.79 Å². The summed E-state index contributed by atoms with van der Waals surface area (Å²) in [5.41, 5.74) is 1.62. The van der Waals surface area contributed by atoms with Gasteiger partial charge in [0.1, 0.15) is 17.0 Å². The van der Waals surface area contributed by atoms with Crippen LogP contribution >= 0.6 is 97.9 Å². The lowest BCUT2D eigenvalue weighted by Crippen LogP contribution is -2.37. The minimum atomic E-state index is -0.899. The molecule has 2 saturated carbocycles. The molecule has 66 heavy (non-hydrogen) atoms. The van der Waals surface area contributed by atoms with Gasteiger partial charge in [-0.15, -0.1) is 12.4 Å². The van der Waals surface area contributed by atoms with E-state index in [4.69, 9.17) is 79.1 Å². The van der Waals surface area contributed by atoms with Crippen LogP contribution in [0.1, 0.15) is 84.8 Å². The molecule has 3 aliphatic carbocycles. The third-order valence-electron chi connectivity index (χ3n) is 12.6. The molecule has 3 aromatic rings. The van der Waals surface area contributed by atoms with Crippen molar-refractivity contribution >= 4 is 121 Å². The van der Waals surface area contributed by atoms with Crippen molar-refractivity contribution in [3.8, 4) is 0 Å². The molecule has 9 nitrogen and oxygen atoms in total. The fourth-order valence-electron chi connectivity index (χ4n) is 9.56. The van der Waals surface area contributed by atoms with E-state index < -0.39 is 16.8 Å². The van der Waals surface area contributed by atoms with Gasteiger partial charge in [0, 0.05) is 50.0 Å². The van der Waals surface area contributed by atoms with Crippen LogP contribution in [-0.4, -0.2) is 83.3 Å². The Bertz CT molecular complexity index is 2240. The summed E-state index contributed by atoms with van der Waals surface area (Å²) < 4.78 is 11.7. The molecule has 6 atom stereocenters. The van der Waals surface area contributed by atoms with Crippen LogP contribution in [0.2, 0.25) is 30.1 Å². The molecule has 17 heteroatoms. The highest BCUT2D eigenvalue weighted by atomic mass is 79.9. The summed E-state index contributed by atoms with van der Waals surface area (Å²) in [6.45, 7) is 16.1. The third kappa shape index (κ3) is 14.8. The monoisotopic (exact) mass is 1110 g/mol. The summed E-state index contributed by atoms with van der Waals surface area (Å²) in [5, 5.41) is 17.9. The minimum Gasteiger partial charge on any atom is -0.444 e. The molecule has 6 aliphatic rings. The smallest absolute Gasteiger partial charge is 0.410 e. The lowest BCUT2D eigenvalue weighted by molar-refractivity contribution is -0.118. The minimum absolute atomic E-state index is 0. The number of carbonyl (C=O) groups is 3. The lowest BCUT2D eigenvalue weighted by Gasteiger charge is -2.28. The number of ketones is 1. The lowest BCUT2D eigenvalue weighted by atomic mass is 9.90. The quantitative estimate of drug-likeness (QED) is 0.246. The number of aliphatic hydroxyl groups is 1. The van der Waals surface area contributed by atoms with Crippen molar-refractivity contribution < 1.29 is 29.0 Å². The number of rotatable bonds is 2. The summed E-state index contributed by atoms with van der Waals surface area (Å²) >= 11 is 38.5. The number of hydrogen-bond acceptors (Lipinski definition) is 7. The van der Waals surface area contributed by atoms with Crippen molar-refractivity contribution in [2.45, 2.75) is 90.4 Å². The van der Waals surface area contributed by atoms with Crippen LogP contribution in [0.4, 0.5) is 9.59 Å². The number of carbonyl (C=O) groups excluding carboxylic acids is 3. The summed E-state index contributed by atoms with van der Waals surface area (Å²) in [4.78, 5) is 38.7. The van der Waals surface area contributed by atoms with Gasteiger partial charge in [0.25, 0.3) is 0 Å². The summed E-state index contributed by atoms with van der Waals surface area (Å²) in [5.74, 6) is 3.14. The van der Waals surface area contributed by atoms with Gasteiger partial charge in [0.15, 0.2) is 0 Å². The van der Waals surface area contributed by atoms with Gasteiger partial charge >= 0.3 is 12.2 Å². The molecular weight excluding hydrogens is 1050 g/mol. The van der Waals surface area contributed by atoms with Crippen LogP contribution < -0.4 is 5.32 Å². The average molecular weight is 1110 g/mol. The number of nitrogens with zero attached hydrogens (tertiary/aromatic N) is 2. The van der Waals surface area contributed by atoms with E-state index in [1.807, 2.05) is 65.8 Å². The van der Waals surface area contributed by atoms with Gasteiger partial charge in [-0.2, -0.15) is 0 Å². The Morgan fingerprint density at radius 2 is 1.12 bits per heavy atom. The maximum absolute atomic E-state index is 12.2. The number of ether oxygens (including phenoxy) is 2. The van der Waals surface area contributed by atoms with E-state index in [1.54, 1.807) is 34.1 Å². The highest BCUT2D eigenvalue weighted by molar-refractivity contribution is 9.10. The summed E-state index contributed by atoms with van der Waals surface area (Å²) in [7, 11) is 0. The number of halogens is 8. The molecule has 3 heterocycles. The number of allylic oxidation sites excluding steroid dienone is 1. The van der Waals surface area contributed by atoms with Gasteiger partial charge in [0.05, 0.1) is 35.7 Å². The van der Waals surface area contributed by atoms with Gasteiger partial charge in [-0.25, -0.2) is 9.59 Å². The van der Waals surface area contributed by atoms with Crippen LogP contribution in [0.25, 0.3) is 5.57 Å². The molecule has 3 aromatic carbocycles. The normalized spacial score (nSPS) is 26.0. The number of hydrogen-bond donors (Lipinski definition) is 2. The Balaban J connectivity index is 0.000000172. The van der Waals surface area contributed by atoms with Crippen molar-refractivity contribution in [1.29, 1.82) is 0 Å². The van der Waals surface area contributed by atoms with Crippen molar-refractivity contribution in [2.75, 3.05) is 39.3 Å². The molecule has 0 bridgehead atoms. The second-order valence-corrected chi connectivity index (χ2v) is 23.4. The summed E-state index contributed by atoms with van der Waals surface area (Å²) in [6, 6.07) is 16.6. The Morgan fingerprint density at radius 1 is 0.652 bits per heavy atom. The number of amides is 2. The molecular formula is C49H59BrCl7N3O6. The van der Waals surface area contributed by atoms with Gasteiger partial charge in [-0.1, -0.05) is 104 Å². The van der Waals surface area contributed by atoms with Crippen LogP contribution in [0.3, 0.4) is 0 Å². The molecule has 6 unspecified atom stereocenters. The molecule has 2 N–H and O–H groups in total. The highest BCUT2D eigenvalue weighted by Crippen LogP contribution is 2.50. The van der Waals surface area contributed by atoms with E-state index in [2.05, 4.69) is 33.4 Å². The first-order chi connectivity index (χ1) is 30.4. The number of Topliss-reactive ketones (excluding diaryl/α,β-unsaturated/α-hetero) is 1. The van der Waals surface area contributed by atoms with Gasteiger partial charge in [-0.05, 0) is 162 Å². The van der Waals surface area contributed by atoms with Crippen molar-refractivity contribution in [2.24, 2.45) is 35.5 Å². The standard InChI is InChI=1S/C18H23Cl2NO3.C13H13Cl2N.C12H19NO3.C6H3BrCl2.ClH/c1-17(2,3)24-16(22)21-9-11-7-18(23,8-12(11)10-21)13-4-5-14(19)15(20)6-13;14-12-2-1-8(5-13(12)15)9-3-10-6-16-7-11(10)4-9;1-12(2,3)16-11(15)13-6-8-4-10(14)5-9(8)7-13;7-4-1-2-5(8)6(9)3-4;/h4-6,11-12,23H,7-10H2,1-3H3;1-3,5,10-11,16H,4,6-7H2;8-9H,4-7H2,1-3H3;1-3H;1H. The second-order valence-electron chi connectivity index (χ2n) is 20.0. The van der Waals surface area contributed by atoms with E-state index in [1.165, 1.54) is 11.1 Å². The maximum Gasteiger partial charge on any atom is 0.410 e. The Kier molecular flexibility index (Phi) is 19.0. The zero-order valence-electron chi connectivity index (χ0n) is 38.0.